The maximum atomic E-state index is 12.3. The quantitative estimate of drug-likeness (QED) is 0.751. The van der Waals surface area contributed by atoms with Crippen molar-refractivity contribution in [2.45, 2.75) is 37.7 Å². The van der Waals surface area contributed by atoms with Gasteiger partial charge in [-0.1, -0.05) is 0 Å². The Morgan fingerprint density at radius 2 is 1.70 bits per heavy atom. The molecule has 0 unspecified atom stereocenters. The molecule has 114 valence electrons. The molecule has 0 saturated carbocycles. The third-order valence-electron chi connectivity index (χ3n) is 2.59. The molecule has 20 heavy (non-hydrogen) atoms. The second-order valence-corrected chi connectivity index (χ2v) is 6.45. The van der Waals surface area contributed by atoms with Crippen molar-refractivity contribution in [3.63, 3.8) is 0 Å². The van der Waals surface area contributed by atoms with Gasteiger partial charge in [0.05, 0.1) is 14.2 Å². The second-order valence-electron chi connectivity index (χ2n) is 5.34. The number of nitrogens with zero attached hydrogens (tertiary/aromatic N) is 1. The zero-order chi connectivity index (χ0) is 15.5. The van der Waals surface area contributed by atoms with Crippen molar-refractivity contribution in [3.8, 4) is 0 Å². The van der Waals surface area contributed by atoms with Crippen LogP contribution in [0.5, 0.6) is 0 Å². The summed E-state index contributed by atoms with van der Waals surface area (Å²) >= 11 is 1.18. The van der Waals surface area contributed by atoms with Crippen molar-refractivity contribution in [1.82, 2.24) is 10.2 Å². The average molecular weight is 304 g/mol. The van der Waals surface area contributed by atoms with E-state index in [9.17, 15) is 14.4 Å². The number of nitrogens with one attached hydrogen (secondary N) is 1. The Labute approximate surface area is 122 Å². The van der Waals surface area contributed by atoms with Gasteiger partial charge in [-0.2, -0.15) is 0 Å². The number of urea groups is 1. The maximum Gasteiger partial charge on any atom is 0.339 e. The van der Waals surface area contributed by atoms with Gasteiger partial charge >= 0.3 is 18.0 Å². The van der Waals surface area contributed by atoms with E-state index in [1.54, 1.807) is 0 Å². The van der Waals surface area contributed by atoms with E-state index in [1.165, 1.54) is 30.9 Å². The van der Waals surface area contributed by atoms with Crippen LogP contribution in [0.25, 0.3) is 0 Å². The molecule has 0 aromatic rings. The number of rotatable bonds is 2. The standard InChI is InChI=1S/C12H20N2O5S/c1-12(2,3)13-11(17)14-7(9(15)18-4)6-20-8(14)10(16)19-5/h7-8H,6H2,1-5H3,(H,13,17)/t7-,8+/m0/s1. The lowest BCUT2D eigenvalue weighted by molar-refractivity contribution is -0.147. The predicted octanol–water partition coefficient (Wildman–Crippen LogP) is 0.584. The molecule has 1 fully saturated rings. The molecule has 2 amide bonds. The Morgan fingerprint density at radius 3 is 2.15 bits per heavy atom. The first-order valence-electron chi connectivity index (χ1n) is 6.09. The Bertz CT molecular complexity index is 383. The smallest absolute Gasteiger partial charge is 0.339 e. The van der Waals surface area contributed by atoms with E-state index in [4.69, 9.17) is 0 Å². The van der Waals surface area contributed by atoms with E-state index in [0.717, 1.165) is 0 Å². The number of carbonyl (C=O) groups is 3. The third kappa shape index (κ3) is 3.78. The minimum atomic E-state index is -0.841. The van der Waals surface area contributed by atoms with Crippen LogP contribution in [0.3, 0.4) is 0 Å². The van der Waals surface area contributed by atoms with Crippen molar-refractivity contribution >= 4 is 29.7 Å². The van der Waals surface area contributed by atoms with Gasteiger partial charge in [0.2, 0.25) is 0 Å². The minimum Gasteiger partial charge on any atom is -0.467 e. The lowest BCUT2D eigenvalue weighted by Crippen LogP contribution is -2.56. The summed E-state index contributed by atoms with van der Waals surface area (Å²) in [4.78, 5) is 37.0. The summed E-state index contributed by atoms with van der Waals surface area (Å²) in [5.74, 6) is -0.817. The summed E-state index contributed by atoms with van der Waals surface area (Å²) in [5, 5.41) is 1.90. The molecule has 0 aromatic heterocycles. The molecule has 0 aromatic carbocycles. The first-order valence-corrected chi connectivity index (χ1v) is 7.14. The molecule has 7 nitrogen and oxygen atoms in total. The number of hydrogen-bond acceptors (Lipinski definition) is 6. The zero-order valence-corrected chi connectivity index (χ0v) is 13.1. The van der Waals surface area contributed by atoms with E-state index >= 15 is 0 Å². The SMILES string of the molecule is COC(=O)[C@H]1SC[C@@H](C(=O)OC)N1C(=O)NC(C)(C)C. The van der Waals surface area contributed by atoms with Crippen molar-refractivity contribution in [3.05, 3.63) is 0 Å². The molecule has 1 N–H and O–H groups in total. The molecule has 2 atom stereocenters. The van der Waals surface area contributed by atoms with E-state index < -0.39 is 34.9 Å². The van der Waals surface area contributed by atoms with Crippen LogP contribution in [-0.2, 0) is 19.1 Å². The first kappa shape index (κ1) is 16.6. The van der Waals surface area contributed by atoms with Crippen LogP contribution < -0.4 is 5.32 Å². The molecule has 1 heterocycles. The average Bonchev–Trinajstić information content (AvgIpc) is 2.79. The molecule has 0 radical (unpaired) electrons. The lowest BCUT2D eigenvalue weighted by atomic mass is 10.1. The fourth-order valence-corrected chi connectivity index (χ4v) is 3.04. The Hall–Kier alpha value is -1.44. The van der Waals surface area contributed by atoms with Crippen LogP contribution in [0.2, 0.25) is 0 Å². The van der Waals surface area contributed by atoms with Crippen LogP contribution in [0.15, 0.2) is 0 Å². The number of esters is 2. The van der Waals surface area contributed by atoms with Crippen molar-refractivity contribution in [1.29, 1.82) is 0 Å². The van der Waals surface area contributed by atoms with Crippen molar-refractivity contribution in [2.75, 3.05) is 20.0 Å². The number of carbonyl (C=O) groups excluding carboxylic acids is 3. The van der Waals surface area contributed by atoms with Gasteiger partial charge in [0.1, 0.15) is 6.04 Å². The van der Waals surface area contributed by atoms with E-state index in [0.29, 0.717) is 5.75 Å². The van der Waals surface area contributed by atoms with Crippen LogP contribution in [0.1, 0.15) is 20.8 Å². The van der Waals surface area contributed by atoms with Gasteiger partial charge < -0.3 is 14.8 Å². The summed E-state index contributed by atoms with van der Waals surface area (Å²) in [6, 6.07) is -1.29. The fraction of sp³-hybridized carbons (Fsp3) is 0.750. The van der Waals surface area contributed by atoms with Gasteiger partial charge in [-0.15, -0.1) is 11.8 Å². The molecule has 1 aliphatic heterocycles. The molecule has 0 aliphatic carbocycles. The summed E-state index contributed by atoms with van der Waals surface area (Å²) in [6.07, 6.45) is 0. The minimum absolute atomic E-state index is 0.296. The molecular formula is C12H20N2O5S. The summed E-state index contributed by atoms with van der Waals surface area (Å²) < 4.78 is 9.35. The van der Waals surface area contributed by atoms with E-state index in [-0.39, 0.29) is 0 Å². The molecule has 0 bridgehead atoms. The topological polar surface area (TPSA) is 84.9 Å². The maximum absolute atomic E-state index is 12.3. The Morgan fingerprint density at radius 1 is 1.15 bits per heavy atom. The second kappa shape index (κ2) is 6.34. The molecule has 0 spiro atoms. The molecule has 1 saturated heterocycles. The summed E-state index contributed by atoms with van der Waals surface area (Å²) in [6.45, 7) is 5.44. The van der Waals surface area contributed by atoms with Crippen molar-refractivity contribution in [2.24, 2.45) is 0 Å². The largest absolute Gasteiger partial charge is 0.467 e. The zero-order valence-electron chi connectivity index (χ0n) is 12.3. The van der Waals surface area contributed by atoms with Crippen LogP contribution in [-0.4, -0.2) is 59.8 Å². The Kier molecular flexibility index (Phi) is 5.27. The molecular weight excluding hydrogens is 284 g/mol. The van der Waals surface area contributed by atoms with Gasteiger partial charge in [-0.05, 0) is 20.8 Å². The molecule has 1 aliphatic rings. The van der Waals surface area contributed by atoms with Gasteiger partial charge in [0, 0.05) is 11.3 Å². The highest BCUT2D eigenvalue weighted by atomic mass is 32.2. The molecule has 8 heteroatoms. The number of thioether (sulfide) groups is 1. The highest BCUT2D eigenvalue weighted by molar-refractivity contribution is 8.00. The van der Waals surface area contributed by atoms with Gasteiger partial charge in [-0.25, -0.2) is 14.4 Å². The number of ether oxygens (including phenoxy) is 2. The van der Waals surface area contributed by atoms with Crippen LogP contribution >= 0.6 is 11.8 Å². The highest BCUT2D eigenvalue weighted by Crippen LogP contribution is 2.31. The summed E-state index contributed by atoms with van der Waals surface area (Å²) in [5.41, 5.74) is -0.480. The van der Waals surface area contributed by atoms with Crippen LogP contribution in [0.4, 0.5) is 4.79 Å². The number of amides is 2. The van der Waals surface area contributed by atoms with Crippen LogP contribution in [0, 0.1) is 0 Å². The fourth-order valence-electron chi connectivity index (χ4n) is 1.74. The monoisotopic (exact) mass is 304 g/mol. The first-order chi connectivity index (χ1) is 9.21. The third-order valence-corrected chi connectivity index (χ3v) is 3.84. The van der Waals surface area contributed by atoms with E-state index in [2.05, 4.69) is 14.8 Å². The predicted molar refractivity (Wildman–Crippen MR) is 74.2 cm³/mol. The lowest BCUT2D eigenvalue weighted by Gasteiger charge is -2.30. The molecule has 1 rings (SSSR count). The van der Waals surface area contributed by atoms with Gasteiger partial charge in [-0.3, -0.25) is 4.90 Å². The highest BCUT2D eigenvalue weighted by Gasteiger charge is 2.46. The van der Waals surface area contributed by atoms with Gasteiger partial charge in [0.15, 0.2) is 5.37 Å². The van der Waals surface area contributed by atoms with E-state index in [1.807, 2.05) is 20.8 Å². The normalized spacial score (nSPS) is 22.4. The number of methoxy groups -OCH3 is 2. The number of hydrogen-bond donors (Lipinski definition) is 1. The van der Waals surface area contributed by atoms with Gasteiger partial charge in [0.25, 0.3) is 0 Å². The summed E-state index contributed by atoms with van der Waals surface area (Å²) in [7, 11) is 2.49. The Balaban J connectivity index is 2.98. The van der Waals surface area contributed by atoms with Crippen molar-refractivity contribution < 1.29 is 23.9 Å².